The zero-order valence-corrected chi connectivity index (χ0v) is 21.8. The van der Waals surface area contributed by atoms with Crippen molar-refractivity contribution in [3.63, 3.8) is 0 Å². The number of fused-ring (bicyclic) bond motifs is 2. The number of nitrogens with zero attached hydrogens (tertiary/aromatic N) is 1. The van der Waals surface area contributed by atoms with Gasteiger partial charge in [-0.2, -0.15) is 0 Å². The summed E-state index contributed by atoms with van der Waals surface area (Å²) >= 11 is 0. The van der Waals surface area contributed by atoms with Crippen molar-refractivity contribution in [1.29, 1.82) is 0 Å². The summed E-state index contributed by atoms with van der Waals surface area (Å²) in [7, 11) is -10.1. The predicted octanol–water partition coefficient (Wildman–Crippen LogP) is -4.33. The Hall–Kier alpha value is -1.12. The summed E-state index contributed by atoms with van der Waals surface area (Å²) in [5, 5.41) is 10.1. The molecule has 148 valence electrons. The van der Waals surface area contributed by atoms with E-state index < -0.39 is 41.6 Å². The van der Waals surface area contributed by atoms with Crippen LogP contribution in [0.15, 0.2) is 58.3 Å². The molecule has 4 rings (SSSR count). The molecule has 0 saturated carbocycles. The number of benzene rings is 2. The van der Waals surface area contributed by atoms with Gasteiger partial charge in [0.05, 0.1) is 26.6 Å². The second-order valence-electron chi connectivity index (χ2n) is 6.19. The molecular formula is C18H9NNa2O8S2. The van der Waals surface area contributed by atoms with Gasteiger partial charge in [0, 0.05) is 16.5 Å². The largest absolute Gasteiger partial charge is 1.00 e. The molecule has 0 unspecified atom stereocenters. The maximum absolute atomic E-state index is 12.7. The maximum Gasteiger partial charge on any atom is 1.00 e. The molecule has 0 amide bonds. The van der Waals surface area contributed by atoms with Crippen molar-refractivity contribution >= 4 is 48.3 Å². The number of pyridine rings is 1. The standard InChI is InChI=1S/C18H11NO8S2.2Na/c20-17-10-3-1-2-4-11(10)18(21)16(17)14-8-15(29(25,26)27)12-7-9(28(22,23)24)5-6-13(12)19-14;;/h1-8,20H,(H,22,23,24)(H,25,26,27);;/q;2*+1/p-2. The van der Waals surface area contributed by atoms with E-state index in [1.165, 1.54) is 12.1 Å². The Labute approximate surface area is 221 Å². The number of rotatable bonds is 3. The first kappa shape index (κ1) is 26.1. The number of allylic oxidation sites excluding steroid dienone is 1. The van der Waals surface area contributed by atoms with E-state index in [1.807, 2.05) is 0 Å². The molecule has 1 N–H and O–H groups in total. The van der Waals surface area contributed by atoms with E-state index >= 15 is 0 Å². The summed E-state index contributed by atoms with van der Waals surface area (Å²) in [6.07, 6.45) is 0. The first-order valence-electron chi connectivity index (χ1n) is 7.93. The van der Waals surface area contributed by atoms with Gasteiger partial charge in [-0.05, 0) is 24.3 Å². The fourth-order valence-electron chi connectivity index (χ4n) is 3.17. The van der Waals surface area contributed by atoms with E-state index in [0.717, 1.165) is 24.3 Å². The zero-order chi connectivity index (χ0) is 21.1. The van der Waals surface area contributed by atoms with Crippen molar-refractivity contribution in [2.75, 3.05) is 0 Å². The first-order chi connectivity index (χ1) is 13.5. The van der Waals surface area contributed by atoms with Gasteiger partial charge < -0.3 is 14.2 Å². The SMILES string of the molecule is O=C1C(c2cc(S(=O)(=O)[O-])c3cc(S(=O)(=O)[O-])ccc3n2)=C(O)c2ccccc21.[Na+].[Na+]. The molecule has 0 fully saturated rings. The molecule has 31 heavy (non-hydrogen) atoms. The van der Waals surface area contributed by atoms with Crippen LogP contribution in [0.2, 0.25) is 0 Å². The average Bonchev–Trinajstić information content (AvgIpc) is 2.90. The third-order valence-electron chi connectivity index (χ3n) is 4.45. The van der Waals surface area contributed by atoms with Crippen molar-refractivity contribution in [1.82, 2.24) is 4.98 Å². The summed E-state index contributed by atoms with van der Waals surface area (Å²) < 4.78 is 69.1. The van der Waals surface area contributed by atoms with Crippen LogP contribution in [0.3, 0.4) is 0 Å². The summed E-state index contributed by atoms with van der Waals surface area (Å²) in [4.78, 5) is 15.2. The van der Waals surface area contributed by atoms with E-state index in [9.17, 15) is 35.8 Å². The monoisotopic (exact) mass is 477 g/mol. The van der Waals surface area contributed by atoms with Gasteiger partial charge in [-0.15, -0.1) is 0 Å². The number of carbonyl (C=O) groups is 1. The molecule has 0 aliphatic heterocycles. The van der Waals surface area contributed by atoms with Gasteiger partial charge >= 0.3 is 59.1 Å². The molecular weight excluding hydrogens is 468 g/mol. The number of Topliss-reactive ketones (excluding diaryl/α,β-unsaturated/α-hetero) is 1. The molecule has 0 bridgehead atoms. The molecule has 9 nitrogen and oxygen atoms in total. The molecule has 0 saturated heterocycles. The van der Waals surface area contributed by atoms with Crippen LogP contribution >= 0.6 is 0 Å². The third-order valence-corrected chi connectivity index (χ3v) is 6.15. The van der Waals surface area contributed by atoms with Gasteiger partial charge in [0.15, 0.2) is 5.78 Å². The fraction of sp³-hybridized carbons (Fsp3) is 0. The van der Waals surface area contributed by atoms with E-state index in [-0.39, 0.29) is 92.4 Å². The van der Waals surface area contributed by atoms with Gasteiger partial charge in [-0.25, -0.2) is 21.8 Å². The Morgan fingerprint density at radius 2 is 1.45 bits per heavy atom. The number of hydrogen-bond acceptors (Lipinski definition) is 9. The summed E-state index contributed by atoms with van der Waals surface area (Å²) in [5.41, 5.74) is -0.301. The maximum atomic E-state index is 12.7. The van der Waals surface area contributed by atoms with Crippen LogP contribution < -0.4 is 59.1 Å². The molecule has 2 aromatic carbocycles. The number of ketones is 1. The van der Waals surface area contributed by atoms with Crippen LogP contribution in [0, 0.1) is 0 Å². The number of aromatic nitrogens is 1. The first-order valence-corrected chi connectivity index (χ1v) is 10.7. The number of aliphatic hydroxyl groups is 1. The molecule has 0 radical (unpaired) electrons. The van der Waals surface area contributed by atoms with Gasteiger partial charge in [0.1, 0.15) is 26.0 Å². The normalized spacial score (nSPS) is 13.5. The number of hydrogen-bond donors (Lipinski definition) is 1. The van der Waals surface area contributed by atoms with Crippen LogP contribution in [0.5, 0.6) is 0 Å². The third kappa shape index (κ3) is 4.67. The van der Waals surface area contributed by atoms with Crippen LogP contribution in [0.4, 0.5) is 0 Å². The van der Waals surface area contributed by atoms with Crippen LogP contribution in [0.25, 0.3) is 22.2 Å². The van der Waals surface area contributed by atoms with Crippen molar-refractivity contribution in [2.45, 2.75) is 9.79 Å². The van der Waals surface area contributed by atoms with E-state index in [1.54, 1.807) is 12.1 Å². The van der Waals surface area contributed by atoms with Gasteiger partial charge in [0.25, 0.3) is 0 Å². The Morgan fingerprint density at radius 1 is 0.839 bits per heavy atom. The predicted molar refractivity (Wildman–Crippen MR) is 97.9 cm³/mol. The molecule has 1 aromatic heterocycles. The van der Waals surface area contributed by atoms with Crippen molar-refractivity contribution in [3.05, 3.63) is 65.4 Å². The Kier molecular flexibility index (Phi) is 7.61. The van der Waals surface area contributed by atoms with Crippen LogP contribution in [0.1, 0.15) is 21.6 Å². The molecule has 1 aliphatic carbocycles. The molecule has 0 spiro atoms. The van der Waals surface area contributed by atoms with Crippen molar-refractivity contribution in [2.24, 2.45) is 0 Å². The van der Waals surface area contributed by atoms with Gasteiger partial charge in [0.2, 0.25) is 0 Å². The van der Waals surface area contributed by atoms with Crippen LogP contribution in [-0.4, -0.2) is 41.8 Å². The Bertz CT molecular complexity index is 1480. The second kappa shape index (κ2) is 9.02. The summed E-state index contributed by atoms with van der Waals surface area (Å²) in [6.45, 7) is 0. The number of aliphatic hydroxyl groups excluding tert-OH is 1. The van der Waals surface area contributed by atoms with Crippen molar-refractivity contribution in [3.8, 4) is 0 Å². The molecule has 1 aliphatic rings. The van der Waals surface area contributed by atoms with Crippen molar-refractivity contribution < 1.29 is 95.0 Å². The smallest absolute Gasteiger partial charge is 0.744 e. The quantitative estimate of drug-likeness (QED) is 0.290. The van der Waals surface area contributed by atoms with E-state index in [2.05, 4.69) is 4.98 Å². The van der Waals surface area contributed by atoms with Gasteiger partial charge in [-0.3, -0.25) is 4.79 Å². The van der Waals surface area contributed by atoms with E-state index in [0.29, 0.717) is 0 Å². The van der Waals surface area contributed by atoms with Gasteiger partial charge in [-0.1, -0.05) is 24.3 Å². The minimum Gasteiger partial charge on any atom is -0.744 e. The fourth-order valence-corrected chi connectivity index (χ4v) is 4.35. The molecule has 13 heteroatoms. The Morgan fingerprint density at radius 3 is 2.00 bits per heavy atom. The molecule has 3 aromatic rings. The Balaban J connectivity index is 0.00000171. The number of carbonyl (C=O) groups excluding carboxylic acids is 1. The minimum atomic E-state index is -5.15. The minimum absolute atomic E-state index is 0. The summed E-state index contributed by atoms with van der Waals surface area (Å²) in [6, 6.07) is 9.60. The second-order valence-corrected chi connectivity index (χ2v) is 8.92. The zero-order valence-electron chi connectivity index (χ0n) is 16.2. The van der Waals surface area contributed by atoms with Crippen LogP contribution in [-0.2, 0) is 20.2 Å². The average molecular weight is 477 g/mol. The topological polar surface area (TPSA) is 165 Å². The summed E-state index contributed by atoms with van der Waals surface area (Å²) in [5.74, 6) is -1.04. The molecule has 1 heterocycles. The van der Waals surface area contributed by atoms with E-state index in [4.69, 9.17) is 0 Å². The molecule has 0 atom stereocenters.